The van der Waals surface area contributed by atoms with E-state index < -0.39 is 5.97 Å². The molecule has 2 aromatic carbocycles. The van der Waals surface area contributed by atoms with Crippen molar-refractivity contribution in [3.63, 3.8) is 0 Å². The minimum absolute atomic E-state index is 0.0661. The van der Waals surface area contributed by atoms with Gasteiger partial charge in [-0.3, -0.25) is 9.59 Å². The van der Waals surface area contributed by atoms with Crippen molar-refractivity contribution in [3.8, 4) is 5.75 Å². The Labute approximate surface area is 151 Å². The number of carboxylic acids is 1. The van der Waals surface area contributed by atoms with E-state index in [2.05, 4.69) is 0 Å². The standard InChI is InChI=1S/C20H19NO5/c1-13(22)15-3-2-4-18(10-15)26-12-19(23)21-8-7-14-5-6-16(20(24)25)9-17(14)11-21/h2-6,9-10H,7-8,11-12H2,1H3,(H,24,25). The van der Waals surface area contributed by atoms with Gasteiger partial charge in [0.2, 0.25) is 0 Å². The second-order valence-corrected chi connectivity index (χ2v) is 6.23. The van der Waals surface area contributed by atoms with Crippen LogP contribution in [0.25, 0.3) is 0 Å². The monoisotopic (exact) mass is 353 g/mol. The Balaban J connectivity index is 1.64. The molecular weight excluding hydrogens is 334 g/mol. The molecule has 0 spiro atoms. The van der Waals surface area contributed by atoms with Crippen LogP contribution in [0.5, 0.6) is 5.75 Å². The molecule has 0 fully saturated rings. The molecule has 1 amide bonds. The molecule has 6 heteroatoms. The predicted octanol–water partition coefficient (Wildman–Crippen LogP) is 2.55. The molecule has 134 valence electrons. The number of ether oxygens (including phenoxy) is 1. The lowest BCUT2D eigenvalue weighted by molar-refractivity contribution is -0.134. The third-order valence-electron chi connectivity index (χ3n) is 4.42. The summed E-state index contributed by atoms with van der Waals surface area (Å²) in [5.74, 6) is -0.755. The second kappa shape index (κ2) is 7.39. The lowest BCUT2D eigenvalue weighted by atomic mass is 9.97. The van der Waals surface area contributed by atoms with Crippen LogP contribution in [0.2, 0.25) is 0 Å². The number of carbonyl (C=O) groups is 3. The average Bonchev–Trinajstić information content (AvgIpc) is 2.65. The number of hydrogen-bond acceptors (Lipinski definition) is 4. The molecule has 0 unspecified atom stereocenters. The number of benzene rings is 2. The van der Waals surface area contributed by atoms with Gasteiger partial charge >= 0.3 is 5.97 Å². The van der Waals surface area contributed by atoms with Crippen LogP contribution in [0.1, 0.15) is 38.8 Å². The maximum Gasteiger partial charge on any atom is 0.335 e. The van der Waals surface area contributed by atoms with Crippen molar-refractivity contribution in [2.45, 2.75) is 19.9 Å². The first-order chi connectivity index (χ1) is 12.4. The molecule has 0 radical (unpaired) electrons. The van der Waals surface area contributed by atoms with E-state index >= 15 is 0 Å². The number of carboxylic acid groups (broad SMARTS) is 1. The molecule has 3 rings (SSSR count). The highest BCUT2D eigenvalue weighted by Crippen LogP contribution is 2.21. The van der Waals surface area contributed by atoms with Crippen LogP contribution < -0.4 is 4.74 Å². The van der Waals surface area contributed by atoms with Gasteiger partial charge in [0.15, 0.2) is 12.4 Å². The molecule has 1 aliphatic rings. The first-order valence-electron chi connectivity index (χ1n) is 8.30. The molecule has 0 saturated carbocycles. The zero-order valence-corrected chi connectivity index (χ0v) is 14.4. The zero-order valence-electron chi connectivity index (χ0n) is 14.4. The van der Waals surface area contributed by atoms with E-state index in [1.807, 2.05) is 6.07 Å². The van der Waals surface area contributed by atoms with Crippen molar-refractivity contribution < 1.29 is 24.2 Å². The molecule has 6 nitrogen and oxygen atoms in total. The van der Waals surface area contributed by atoms with Crippen molar-refractivity contribution in [3.05, 3.63) is 64.7 Å². The summed E-state index contributed by atoms with van der Waals surface area (Å²) in [6, 6.07) is 11.7. The zero-order chi connectivity index (χ0) is 18.7. The van der Waals surface area contributed by atoms with Crippen LogP contribution in [0.3, 0.4) is 0 Å². The van der Waals surface area contributed by atoms with Crippen molar-refractivity contribution >= 4 is 17.7 Å². The lowest BCUT2D eigenvalue weighted by Gasteiger charge is -2.29. The van der Waals surface area contributed by atoms with Crippen LogP contribution in [-0.4, -0.2) is 40.8 Å². The summed E-state index contributed by atoms with van der Waals surface area (Å²) < 4.78 is 5.52. The fourth-order valence-corrected chi connectivity index (χ4v) is 2.94. The van der Waals surface area contributed by atoms with Crippen LogP contribution >= 0.6 is 0 Å². The SMILES string of the molecule is CC(=O)c1cccc(OCC(=O)N2CCc3ccc(C(=O)O)cc3C2)c1. The van der Waals surface area contributed by atoms with E-state index in [1.165, 1.54) is 6.92 Å². The van der Waals surface area contributed by atoms with E-state index in [1.54, 1.807) is 41.3 Å². The quantitative estimate of drug-likeness (QED) is 0.835. The average molecular weight is 353 g/mol. The Morgan fingerprint density at radius 2 is 1.88 bits per heavy atom. The summed E-state index contributed by atoms with van der Waals surface area (Å²) in [7, 11) is 0. The predicted molar refractivity (Wildman–Crippen MR) is 94.5 cm³/mol. The number of ketones is 1. The van der Waals surface area contributed by atoms with E-state index in [9.17, 15) is 14.4 Å². The third-order valence-corrected chi connectivity index (χ3v) is 4.42. The first kappa shape index (κ1) is 17.7. The summed E-state index contributed by atoms with van der Waals surface area (Å²) >= 11 is 0. The molecule has 0 aliphatic carbocycles. The Morgan fingerprint density at radius 1 is 1.08 bits per heavy atom. The Morgan fingerprint density at radius 3 is 2.62 bits per heavy atom. The topological polar surface area (TPSA) is 83.9 Å². The fourth-order valence-electron chi connectivity index (χ4n) is 2.94. The van der Waals surface area contributed by atoms with Crippen LogP contribution in [0.4, 0.5) is 0 Å². The molecule has 1 aliphatic heterocycles. The number of hydrogen-bond donors (Lipinski definition) is 1. The molecule has 0 aromatic heterocycles. The van der Waals surface area contributed by atoms with E-state index in [0.29, 0.717) is 30.8 Å². The van der Waals surface area contributed by atoms with Gasteiger partial charge in [-0.05, 0) is 48.7 Å². The minimum atomic E-state index is -0.982. The maximum atomic E-state index is 12.4. The largest absolute Gasteiger partial charge is 0.484 e. The molecule has 0 bridgehead atoms. The molecule has 26 heavy (non-hydrogen) atoms. The van der Waals surface area contributed by atoms with Crippen molar-refractivity contribution in [1.82, 2.24) is 4.90 Å². The van der Waals surface area contributed by atoms with E-state index in [0.717, 1.165) is 11.1 Å². The summed E-state index contributed by atoms with van der Waals surface area (Å²) in [5, 5.41) is 9.11. The van der Waals surface area contributed by atoms with Gasteiger partial charge in [0, 0.05) is 18.7 Å². The van der Waals surface area contributed by atoms with Gasteiger partial charge < -0.3 is 14.7 Å². The number of carbonyl (C=O) groups excluding carboxylic acids is 2. The van der Waals surface area contributed by atoms with E-state index in [-0.39, 0.29) is 23.9 Å². The molecule has 0 saturated heterocycles. The molecule has 1 N–H and O–H groups in total. The Bertz CT molecular complexity index is 874. The Hall–Kier alpha value is -3.15. The second-order valence-electron chi connectivity index (χ2n) is 6.23. The van der Waals surface area contributed by atoms with Gasteiger partial charge in [-0.1, -0.05) is 18.2 Å². The Kier molecular flexibility index (Phi) is 5.02. The van der Waals surface area contributed by atoms with Gasteiger partial charge in [0.1, 0.15) is 5.75 Å². The van der Waals surface area contributed by atoms with Crippen molar-refractivity contribution in [2.24, 2.45) is 0 Å². The normalized spacial score (nSPS) is 13.0. The van der Waals surface area contributed by atoms with E-state index in [4.69, 9.17) is 9.84 Å². The van der Waals surface area contributed by atoms with Crippen LogP contribution in [0, 0.1) is 0 Å². The number of rotatable bonds is 5. The first-order valence-corrected chi connectivity index (χ1v) is 8.30. The molecular formula is C20H19NO5. The van der Waals surface area contributed by atoms with Gasteiger partial charge in [-0.25, -0.2) is 4.79 Å². The van der Waals surface area contributed by atoms with Gasteiger partial charge in [0.25, 0.3) is 5.91 Å². The highest BCUT2D eigenvalue weighted by Gasteiger charge is 2.22. The van der Waals surface area contributed by atoms with Crippen LogP contribution in [-0.2, 0) is 17.8 Å². The van der Waals surface area contributed by atoms with Crippen molar-refractivity contribution in [1.29, 1.82) is 0 Å². The number of amides is 1. The molecule has 2 aromatic rings. The maximum absolute atomic E-state index is 12.4. The lowest BCUT2D eigenvalue weighted by Crippen LogP contribution is -2.38. The highest BCUT2D eigenvalue weighted by molar-refractivity contribution is 5.94. The number of Topliss-reactive ketones (excluding diaryl/α,β-unsaturated/α-hetero) is 1. The molecule has 1 heterocycles. The molecule has 0 atom stereocenters. The summed E-state index contributed by atoms with van der Waals surface area (Å²) in [6.07, 6.45) is 0.681. The minimum Gasteiger partial charge on any atom is -0.484 e. The van der Waals surface area contributed by atoms with Gasteiger partial charge in [-0.2, -0.15) is 0 Å². The van der Waals surface area contributed by atoms with Gasteiger partial charge in [-0.15, -0.1) is 0 Å². The van der Waals surface area contributed by atoms with Crippen LogP contribution in [0.15, 0.2) is 42.5 Å². The number of nitrogens with zero attached hydrogens (tertiary/aromatic N) is 1. The highest BCUT2D eigenvalue weighted by atomic mass is 16.5. The number of fused-ring (bicyclic) bond motifs is 1. The number of aromatic carboxylic acids is 1. The fraction of sp³-hybridized carbons (Fsp3) is 0.250. The summed E-state index contributed by atoms with van der Waals surface area (Å²) in [5.41, 5.74) is 2.66. The van der Waals surface area contributed by atoms with Gasteiger partial charge in [0.05, 0.1) is 5.56 Å². The summed E-state index contributed by atoms with van der Waals surface area (Å²) in [4.78, 5) is 36.6. The van der Waals surface area contributed by atoms with Crippen molar-refractivity contribution in [2.75, 3.05) is 13.2 Å². The smallest absolute Gasteiger partial charge is 0.335 e. The third kappa shape index (κ3) is 3.91. The summed E-state index contributed by atoms with van der Waals surface area (Å²) in [6.45, 7) is 2.28.